The van der Waals surface area contributed by atoms with Crippen LogP contribution in [-0.2, 0) is 0 Å². The van der Waals surface area contributed by atoms with E-state index >= 15 is 0 Å². The first kappa shape index (κ1) is 8.85. The minimum Gasteiger partial charge on any atom is -0.381 e. The molecule has 0 saturated carbocycles. The zero-order chi connectivity index (χ0) is 9.10. The molecule has 0 radical (unpaired) electrons. The minimum absolute atomic E-state index is 0.554. The molecule has 1 saturated heterocycles. The van der Waals surface area contributed by atoms with Crippen molar-refractivity contribution in [3.05, 3.63) is 29.3 Å². The summed E-state index contributed by atoms with van der Waals surface area (Å²) in [6.45, 7) is 2.16. The predicted octanol–water partition coefficient (Wildman–Crippen LogP) is 2.11. The molecule has 1 aliphatic rings. The van der Waals surface area contributed by atoms with Gasteiger partial charge >= 0.3 is 0 Å². The van der Waals surface area contributed by atoms with E-state index in [1.54, 1.807) is 0 Å². The summed E-state index contributed by atoms with van der Waals surface area (Å²) in [5.41, 5.74) is 1.11. The molecule has 13 heavy (non-hydrogen) atoms. The van der Waals surface area contributed by atoms with E-state index in [9.17, 15) is 0 Å². The lowest BCUT2D eigenvalue weighted by atomic mass is 10.2. The van der Waals surface area contributed by atoms with Crippen molar-refractivity contribution >= 4 is 17.3 Å². The van der Waals surface area contributed by atoms with E-state index in [1.807, 2.05) is 24.3 Å². The van der Waals surface area contributed by atoms with Crippen LogP contribution in [-0.4, -0.2) is 19.1 Å². The molecular weight excluding hydrogens is 184 g/mol. The van der Waals surface area contributed by atoms with E-state index in [4.69, 9.17) is 11.6 Å². The Morgan fingerprint density at radius 3 is 3.08 bits per heavy atom. The molecule has 1 aromatic carbocycles. The maximum absolute atomic E-state index is 5.87. The summed E-state index contributed by atoms with van der Waals surface area (Å²) >= 11 is 5.87. The molecule has 0 unspecified atom stereocenters. The van der Waals surface area contributed by atoms with Gasteiger partial charge in [-0.25, -0.2) is 0 Å². The number of rotatable bonds is 2. The zero-order valence-corrected chi connectivity index (χ0v) is 8.14. The average Bonchev–Trinajstić information content (AvgIpc) is 2.57. The molecule has 0 bridgehead atoms. The molecule has 1 aromatic rings. The van der Waals surface area contributed by atoms with Gasteiger partial charge in [-0.3, -0.25) is 0 Å². The molecule has 2 rings (SSSR count). The number of nitrogens with one attached hydrogen (secondary N) is 2. The maximum Gasteiger partial charge on any atom is 0.0426 e. The maximum atomic E-state index is 5.87. The van der Waals surface area contributed by atoms with Gasteiger partial charge in [-0.05, 0) is 31.2 Å². The Hall–Kier alpha value is -0.730. The SMILES string of the molecule is Clc1cccc(N[C@@H]2CCNC2)c1. The van der Waals surface area contributed by atoms with Gasteiger partial charge in [0.25, 0.3) is 0 Å². The van der Waals surface area contributed by atoms with Gasteiger partial charge in [-0.15, -0.1) is 0 Å². The van der Waals surface area contributed by atoms with Crippen molar-refractivity contribution in [1.29, 1.82) is 0 Å². The highest BCUT2D eigenvalue weighted by molar-refractivity contribution is 6.30. The summed E-state index contributed by atoms with van der Waals surface area (Å²) in [6.07, 6.45) is 1.19. The van der Waals surface area contributed by atoms with E-state index in [0.717, 1.165) is 23.8 Å². The van der Waals surface area contributed by atoms with Crippen LogP contribution in [0.1, 0.15) is 6.42 Å². The molecule has 3 heteroatoms. The second-order valence-electron chi connectivity index (χ2n) is 3.34. The van der Waals surface area contributed by atoms with E-state index in [-0.39, 0.29) is 0 Å². The van der Waals surface area contributed by atoms with Crippen LogP contribution < -0.4 is 10.6 Å². The van der Waals surface area contributed by atoms with Crippen molar-refractivity contribution in [3.63, 3.8) is 0 Å². The standard InChI is InChI=1S/C10H13ClN2/c11-8-2-1-3-9(6-8)13-10-4-5-12-7-10/h1-3,6,10,12-13H,4-5,7H2/t10-/m1/s1. The average molecular weight is 197 g/mol. The third-order valence-electron chi connectivity index (χ3n) is 2.26. The number of hydrogen-bond acceptors (Lipinski definition) is 2. The Morgan fingerprint density at radius 1 is 1.46 bits per heavy atom. The molecule has 1 heterocycles. The monoisotopic (exact) mass is 196 g/mol. The van der Waals surface area contributed by atoms with Gasteiger partial charge in [0, 0.05) is 23.3 Å². The zero-order valence-electron chi connectivity index (χ0n) is 7.39. The fourth-order valence-corrected chi connectivity index (χ4v) is 1.78. The van der Waals surface area contributed by atoms with Crippen molar-refractivity contribution in [2.75, 3.05) is 18.4 Å². The first-order valence-corrected chi connectivity index (χ1v) is 4.95. The molecular formula is C10H13ClN2. The van der Waals surface area contributed by atoms with Crippen LogP contribution in [0.15, 0.2) is 24.3 Å². The first-order valence-electron chi connectivity index (χ1n) is 4.57. The van der Waals surface area contributed by atoms with E-state index in [0.29, 0.717) is 6.04 Å². The normalized spacial score (nSPS) is 21.8. The molecule has 0 spiro atoms. The molecule has 0 aliphatic carbocycles. The van der Waals surface area contributed by atoms with Gasteiger partial charge in [0.2, 0.25) is 0 Å². The van der Waals surface area contributed by atoms with Gasteiger partial charge in [0.05, 0.1) is 0 Å². The Labute approximate surface area is 83.3 Å². The third kappa shape index (κ3) is 2.36. The second kappa shape index (κ2) is 3.99. The fraction of sp³-hybridized carbons (Fsp3) is 0.400. The lowest BCUT2D eigenvalue weighted by Crippen LogP contribution is -2.21. The summed E-state index contributed by atoms with van der Waals surface area (Å²) < 4.78 is 0. The lowest BCUT2D eigenvalue weighted by molar-refractivity contribution is 0.793. The van der Waals surface area contributed by atoms with Crippen molar-refractivity contribution in [3.8, 4) is 0 Å². The molecule has 2 N–H and O–H groups in total. The Morgan fingerprint density at radius 2 is 2.38 bits per heavy atom. The smallest absolute Gasteiger partial charge is 0.0426 e. The van der Waals surface area contributed by atoms with Crippen LogP contribution in [0.2, 0.25) is 5.02 Å². The minimum atomic E-state index is 0.554. The van der Waals surface area contributed by atoms with Crippen LogP contribution in [0, 0.1) is 0 Å². The van der Waals surface area contributed by atoms with Gasteiger partial charge in [-0.2, -0.15) is 0 Å². The van der Waals surface area contributed by atoms with Gasteiger partial charge in [0.15, 0.2) is 0 Å². The first-order chi connectivity index (χ1) is 6.34. The summed E-state index contributed by atoms with van der Waals surface area (Å²) in [5.74, 6) is 0. The van der Waals surface area contributed by atoms with Gasteiger partial charge in [-0.1, -0.05) is 17.7 Å². The van der Waals surface area contributed by atoms with Crippen molar-refractivity contribution in [2.24, 2.45) is 0 Å². The summed E-state index contributed by atoms with van der Waals surface area (Å²) in [6, 6.07) is 8.41. The summed E-state index contributed by atoms with van der Waals surface area (Å²) in [5, 5.41) is 7.53. The van der Waals surface area contributed by atoms with Crippen LogP contribution in [0.4, 0.5) is 5.69 Å². The molecule has 0 amide bonds. The van der Waals surface area contributed by atoms with Crippen LogP contribution >= 0.6 is 11.6 Å². The molecule has 70 valence electrons. The molecule has 0 aromatic heterocycles. The fourth-order valence-electron chi connectivity index (χ4n) is 1.59. The molecule has 2 nitrogen and oxygen atoms in total. The topological polar surface area (TPSA) is 24.1 Å². The highest BCUT2D eigenvalue weighted by Gasteiger charge is 2.13. The Bertz CT molecular complexity index is 282. The summed E-state index contributed by atoms with van der Waals surface area (Å²) in [7, 11) is 0. The second-order valence-corrected chi connectivity index (χ2v) is 3.78. The van der Waals surface area contributed by atoms with Crippen molar-refractivity contribution < 1.29 is 0 Å². The van der Waals surface area contributed by atoms with E-state index < -0.39 is 0 Å². The Kier molecular flexibility index (Phi) is 2.71. The Balaban J connectivity index is 2.00. The van der Waals surface area contributed by atoms with Gasteiger partial charge in [0.1, 0.15) is 0 Å². The quantitative estimate of drug-likeness (QED) is 0.757. The van der Waals surface area contributed by atoms with Crippen LogP contribution in [0.25, 0.3) is 0 Å². The van der Waals surface area contributed by atoms with E-state index in [1.165, 1.54) is 6.42 Å². The third-order valence-corrected chi connectivity index (χ3v) is 2.49. The molecule has 1 fully saturated rings. The summed E-state index contributed by atoms with van der Waals surface area (Å²) in [4.78, 5) is 0. The largest absolute Gasteiger partial charge is 0.381 e. The number of hydrogen-bond donors (Lipinski definition) is 2. The number of benzene rings is 1. The predicted molar refractivity (Wildman–Crippen MR) is 56.3 cm³/mol. The van der Waals surface area contributed by atoms with Crippen molar-refractivity contribution in [1.82, 2.24) is 5.32 Å². The molecule has 1 aliphatic heterocycles. The highest BCUT2D eigenvalue weighted by atomic mass is 35.5. The number of anilines is 1. The van der Waals surface area contributed by atoms with Gasteiger partial charge < -0.3 is 10.6 Å². The van der Waals surface area contributed by atoms with E-state index in [2.05, 4.69) is 10.6 Å². The number of halogens is 1. The highest BCUT2D eigenvalue weighted by Crippen LogP contribution is 2.16. The van der Waals surface area contributed by atoms with Crippen LogP contribution in [0.3, 0.4) is 0 Å². The van der Waals surface area contributed by atoms with Crippen LogP contribution in [0.5, 0.6) is 0 Å². The molecule has 1 atom stereocenters. The lowest BCUT2D eigenvalue weighted by Gasteiger charge is -2.12. The van der Waals surface area contributed by atoms with Crippen molar-refractivity contribution in [2.45, 2.75) is 12.5 Å².